The number of hydrogen-bond donors (Lipinski definition) is 3. The number of aryl methyl sites for hydroxylation is 1. The maximum absolute atomic E-state index is 12.6. The molecule has 0 fully saturated rings. The molecule has 0 aromatic heterocycles. The van der Waals surface area contributed by atoms with Crippen LogP contribution in [0.1, 0.15) is 24.5 Å². The number of nitrogens with one attached hydrogen (secondary N) is 3. The van der Waals surface area contributed by atoms with Gasteiger partial charge < -0.3 is 15.5 Å². The Kier molecular flexibility index (Phi) is 7.03. The van der Waals surface area contributed by atoms with Gasteiger partial charge in [0.1, 0.15) is 0 Å². The van der Waals surface area contributed by atoms with E-state index in [9.17, 15) is 9.59 Å². The predicted molar refractivity (Wildman–Crippen MR) is 118 cm³/mol. The van der Waals surface area contributed by atoms with Crippen LogP contribution < -0.4 is 16.0 Å². The number of carbonyl (C=O) groups is 2. The van der Waals surface area contributed by atoms with Crippen LogP contribution in [0.4, 0.5) is 11.4 Å². The quantitative estimate of drug-likeness (QED) is 0.499. The normalized spacial score (nSPS) is 15.5. The zero-order chi connectivity index (χ0) is 20.6. The number of benzene rings is 2. The second-order valence-corrected chi connectivity index (χ2v) is 7.14. The number of fused-ring (bicyclic) bond motifs is 1. The molecule has 2 aromatic rings. The maximum atomic E-state index is 12.6. The highest BCUT2D eigenvalue weighted by molar-refractivity contribution is 6.24. The van der Waals surface area contributed by atoms with E-state index in [1.807, 2.05) is 48.5 Å². The molecule has 1 aliphatic heterocycles. The smallest absolute Gasteiger partial charge is 0.259 e. The van der Waals surface area contributed by atoms with E-state index >= 15 is 0 Å². The Balaban J connectivity index is 1.71. The topological polar surface area (TPSA) is 73.5 Å². The van der Waals surface area contributed by atoms with E-state index in [0.717, 1.165) is 42.1 Å². The lowest BCUT2D eigenvalue weighted by molar-refractivity contribution is -0.127. The van der Waals surface area contributed by atoms with Crippen molar-refractivity contribution >= 4 is 28.8 Å². The van der Waals surface area contributed by atoms with E-state index in [-0.39, 0.29) is 11.8 Å². The van der Waals surface area contributed by atoms with Crippen LogP contribution in [0.5, 0.6) is 0 Å². The molecule has 3 rings (SSSR count). The van der Waals surface area contributed by atoms with E-state index in [2.05, 4.69) is 34.8 Å². The van der Waals surface area contributed by atoms with Gasteiger partial charge in [0, 0.05) is 37.1 Å². The number of likely N-dealkylation sites (N-methyl/N-ethyl adjacent to an activating group) is 1. The summed E-state index contributed by atoms with van der Waals surface area (Å²) >= 11 is 0. The van der Waals surface area contributed by atoms with Crippen molar-refractivity contribution in [2.45, 2.75) is 19.8 Å². The minimum atomic E-state index is -0.381. The molecule has 6 heteroatoms. The first-order chi connectivity index (χ1) is 14.1. The van der Waals surface area contributed by atoms with Gasteiger partial charge in [-0.15, -0.1) is 0 Å². The molecule has 0 unspecified atom stereocenters. The van der Waals surface area contributed by atoms with Crippen molar-refractivity contribution in [3.63, 3.8) is 0 Å². The summed E-state index contributed by atoms with van der Waals surface area (Å²) in [6.45, 7) is 5.03. The molecule has 0 radical (unpaired) electrons. The summed E-state index contributed by atoms with van der Waals surface area (Å²) in [7, 11) is 2.10. The number of carbonyl (C=O) groups excluding carboxylic acids is 2. The second-order valence-electron chi connectivity index (χ2n) is 7.14. The van der Waals surface area contributed by atoms with Gasteiger partial charge in [0.05, 0.1) is 5.57 Å². The zero-order valence-corrected chi connectivity index (χ0v) is 17.0. The Hall–Kier alpha value is -3.12. The summed E-state index contributed by atoms with van der Waals surface area (Å²) in [5.41, 5.74) is 4.22. The van der Waals surface area contributed by atoms with Gasteiger partial charge in [-0.2, -0.15) is 0 Å². The van der Waals surface area contributed by atoms with Gasteiger partial charge in [-0.1, -0.05) is 31.2 Å². The number of rotatable bonds is 7. The molecule has 0 spiro atoms. The maximum Gasteiger partial charge on any atom is 0.259 e. The van der Waals surface area contributed by atoms with Crippen molar-refractivity contribution in [3.8, 4) is 0 Å². The molecule has 2 amide bonds. The number of amides is 2. The molecule has 152 valence electrons. The fraction of sp³-hybridized carbons (Fsp3) is 0.304. The number of nitrogens with zero attached hydrogens (tertiary/aromatic N) is 1. The van der Waals surface area contributed by atoms with Gasteiger partial charge in [-0.25, -0.2) is 0 Å². The highest BCUT2D eigenvalue weighted by atomic mass is 16.2. The standard InChI is InChI=1S/C23H28N4O2/c1-3-27(2)15-14-24-18-9-11-19(12-10-18)25-16-21-20-7-5-4-6-17(20)8-13-22(28)26-23(21)29/h4-7,9-12,16,24-25H,3,8,13-15H2,1-2H3,(H,26,28,29)/b21-16-. The van der Waals surface area contributed by atoms with Crippen molar-refractivity contribution < 1.29 is 9.59 Å². The highest BCUT2D eigenvalue weighted by Crippen LogP contribution is 2.23. The average Bonchev–Trinajstić information content (AvgIpc) is 2.73. The van der Waals surface area contributed by atoms with Crippen LogP contribution in [-0.4, -0.2) is 43.4 Å². The van der Waals surface area contributed by atoms with Crippen LogP contribution in [0.2, 0.25) is 0 Å². The first-order valence-corrected chi connectivity index (χ1v) is 9.98. The van der Waals surface area contributed by atoms with Crippen molar-refractivity contribution in [1.82, 2.24) is 10.2 Å². The molecular formula is C23H28N4O2. The number of anilines is 2. The monoisotopic (exact) mass is 392 g/mol. The molecular weight excluding hydrogens is 364 g/mol. The fourth-order valence-electron chi connectivity index (χ4n) is 3.16. The van der Waals surface area contributed by atoms with E-state index < -0.39 is 0 Å². The first-order valence-electron chi connectivity index (χ1n) is 9.98. The van der Waals surface area contributed by atoms with Crippen LogP contribution in [0.3, 0.4) is 0 Å². The SMILES string of the molecule is CCN(C)CCNc1ccc(N/C=C2\C(=O)NC(=O)CCc3ccccc32)cc1. The predicted octanol–water partition coefficient (Wildman–Crippen LogP) is 3.09. The average molecular weight is 393 g/mol. The van der Waals surface area contributed by atoms with Crippen molar-refractivity contribution in [3.05, 3.63) is 65.9 Å². The van der Waals surface area contributed by atoms with Crippen LogP contribution in [0.25, 0.3) is 5.57 Å². The highest BCUT2D eigenvalue weighted by Gasteiger charge is 2.21. The lowest BCUT2D eigenvalue weighted by Crippen LogP contribution is -2.33. The fourth-order valence-corrected chi connectivity index (χ4v) is 3.16. The molecule has 0 bridgehead atoms. The van der Waals surface area contributed by atoms with Gasteiger partial charge in [0.2, 0.25) is 5.91 Å². The summed E-state index contributed by atoms with van der Waals surface area (Å²) in [5.74, 6) is -0.632. The molecule has 0 saturated heterocycles. The Morgan fingerprint density at radius 2 is 1.76 bits per heavy atom. The zero-order valence-electron chi connectivity index (χ0n) is 17.0. The van der Waals surface area contributed by atoms with Gasteiger partial charge in [0.15, 0.2) is 0 Å². The van der Waals surface area contributed by atoms with Crippen LogP contribution in [0.15, 0.2) is 54.7 Å². The van der Waals surface area contributed by atoms with E-state index in [1.54, 1.807) is 6.20 Å². The summed E-state index contributed by atoms with van der Waals surface area (Å²) < 4.78 is 0. The van der Waals surface area contributed by atoms with Crippen molar-refractivity contribution in [1.29, 1.82) is 0 Å². The third-order valence-electron chi connectivity index (χ3n) is 5.06. The molecule has 0 atom stereocenters. The molecule has 1 aliphatic rings. The molecule has 2 aromatic carbocycles. The van der Waals surface area contributed by atoms with E-state index in [1.165, 1.54) is 0 Å². The first kappa shape index (κ1) is 20.6. The largest absolute Gasteiger partial charge is 0.384 e. The summed E-state index contributed by atoms with van der Waals surface area (Å²) in [6.07, 6.45) is 2.59. The molecule has 0 saturated carbocycles. The van der Waals surface area contributed by atoms with Gasteiger partial charge in [0.25, 0.3) is 5.91 Å². The minimum absolute atomic E-state index is 0.250. The summed E-state index contributed by atoms with van der Waals surface area (Å²) in [5, 5.41) is 9.04. The van der Waals surface area contributed by atoms with Gasteiger partial charge >= 0.3 is 0 Å². The van der Waals surface area contributed by atoms with Gasteiger partial charge in [-0.05, 0) is 55.4 Å². The molecule has 0 aliphatic carbocycles. The molecule has 6 nitrogen and oxygen atoms in total. The molecule has 29 heavy (non-hydrogen) atoms. The Morgan fingerprint density at radius 3 is 2.52 bits per heavy atom. The van der Waals surface area contributed by atoms with Crippen LogP contribution >= 0.6 is 0 Å². The lowest BCUT2D eigenvalue weighted by Gasteiger charge is -2.17. The van der Waals surface area contributed by atoms with Crippen molar-refractivity contribution in [2.24, 2.45) is 0 Å². The Morgan fingerprint density at radius 1 is 1.03 bits per heavy atom. The molecule has 1 heterocycles. The Bertz CT molecular complexity index is 890. The Labute approximate surface area is 172 Å². The third-order valence-corrected chi connectivity index (χ3v) is 5.06. The second kappa shape index (κ2) is 9.89. The number of imide groups is 1. The van der Waals surface area contributed by atoms with Crippen LogP contribution in [-0.2, 0) is 16.0 Å². The summed E-state index contributed by atoms with van der Waals surface area (Å²) in [6, 6.07) is 15.6. The lowest BCUT2D eigenvalue weighted by atomic mass is 9.95. The summed E-state index contributed by atoms with van der Waals surface area (Å²) in [4.78, 5) is 26.7. The van der Waals surface area contributed by atoms with E-state index in [4.69, 9.17) is 0 Å². The van der Waals surface area contributed by atoms with Crippen molar-refractivity contribution in [2.75, 3.05) is 37.3 Å². The minimum Gasteiger partial charge on any atom is -0.384 e. The van der Waals surface area contributed by atoms with Crippen LogP contribution in [0, 0.1) is 0 Å². The van der Waals surface area contributed by atoms with Gasteiger partial charge in [-0.3, -0.25) is 14.9 Å². The molecule has 3 N–H and O–H groups in total. The van der Waals surface area contributed by atoms with E-state index in [0.29, 0.717) is 18.4 Å². The number of hydrogen-bond acceptors (Lipinski definition) is 5. The third kappa shape index (κ3) is 5.68.